The number of fused-ring (bicyclic) bond motifs is 9. The normalized spacial score (nSPS) is 13.8. The van der Waals surface area contributed by atoms with Gasteiger partial charge >= 0.3 is 0 Å². The van der Waals surface area contributed by atoms with E-state index in [1.165, 1.54) is 82.6 Å². The maximum absolute atomic E-state index is 6.31. The lowest BCUT2D eigenvalue weighted by atomic mass is 9.81. The Labute approximate surface area is 305 Å². The van der Waals surface area contributed by atoms with Crippen LogP contribution in [0.4, 0.5) is 0 Å². The Morgan fingerprint density at radius 1 is 0.481 bits per heavy atom. The molecule has 1 heteroatoms. The molecule has 1 heterocycles. The van der Waals surface area contributed by atoms with Crippen molar-refractivity contribution in [1.29, 1.82) is 0 Å². The monoisotopic (exact) mass is 668 g/mol. The molecule has 52 heavy (non-hydrogen) atoms. The summed E-state index contributed by atoms with van der Waals surface area (Å²) in [6, 6.07) is 57.2. The fourth-order valence-corrected chi connectivity index (χ4v) is 8.26. The van der Waals surface area contributed by atoms with Gasteiger partial charge in [0.15, 0.2) is 0 Å². The van der Waals surface area contributed by atoms with Crippen LogP contribution in [0.5, 0.6) is 0 Å². The zero-order valence-corrected chi connectivity index (χ0v) is 30.1. The van der Waals surface area contributed by atoms with E-state index >= 15 is 0 Å². The number of hydrogen-bond acceptors (Lipinski definition) is 1. The van der Waals surface area contributed by atoms with Gasteiger partial charge in [0.05, 0.1) is 0 Å². The van der Waals surface area contributed by atoms with Crippen LogP contribution in [0.25, 0.3) is 76.9 Å². The van der Waals surface area contributed by atoms with Crippen LogP contribution >= 0.6 is 0 Å². The van der Waals surface area contributed by atoms with Crippen LogP contribution in [-0.4, -0.2) is 0 Å². The van der Waals surface area contributed by atoms with Crippen LogP contribution < -0.4 is 0 Å². The SMILES string of the molecule is C/C(=C\C=C(/C)c1ccccccc(-c2ccc3c(c2)-c2cc4c(ccc5oc6ccccc6c54)cc2C3(C)C)c2ccccc12)c1ccccc1. The lowest BCUT2D eigenvalue weighted by Gasteiger charge is -2.22. The van der Waals surface area contributed by atoms with Gasteiger partial charge in [-0.2, -0.15) is 0 Å². The number of rotatable bonds is 4. The smallest absolute Gasteiger partial charge is 0.136 e. The molecule has 0 radical (unpaired) electrons. The van der Waals surface area contributed by atoms with Gasteiger partial charge in [-0.1, -0.05) is 153 Å². The van der Waals surface area contributed by atoms with Gasteiger partial charge in [0.25, 0.3) is 0 Å². The van der Waals surface area contributed by atoms with E-state index < -0.39 is 0 Å². The zero-order chi connectivity index (χ0) is 35.4. The van der Waals surface area contributed by atoms with Crippen LogP contribution in [0.15, 0.2) is 174 Å². The molecular formula is C51H40O. The van der Waals surface area contributed by atoms with E-state index in [2.05, 4.69) is 192 Å². The van der Waals surface area contributed by atoms with E-state index in [4.69, 9.17) is 4.42 Å². The highest BCUT2D eigenvalue weighted by Crippen LogP contribution is 2.52. The van der Waals surface area contributed by atoms with Gasteiger partial charge in [-0.05, 0) is 121 Å². The van der Waals surface area contributed by atoms with Crippen molar-refractivity contribution in [3.63, 3.8) is 0 Å². The van der Waals surface area contributed by atoms with Crippen molar-refractivity contribution in [2.45, 2.75) is 33.1 Å². The van der Waals surface area contributed by atoms with Crippen LogP contribution in [-0.2, 0) is 5.41 Å². The standard InChI is InChI=1S/C51H40O/c1-33(35-16-8-7-9-17-35)24-25-34(2)38-18-10-5-6-11-19-39(41-21-13-12-20-40(38)41)36-26-28-46-44(30-36)45-32-43-37(31-47(45)51(46,3)4)27-29-49-50(43)42-22-14-15-23-48(42)52-49/h5-32H,1-4H3/b6-5?,10-5?,11-6?,18-10?,19-11?,33-24+,34-25+,38-18?,39-19?,40-38?,41-39?. The number of allylic oxidation sites excluding steroid dienone is 4. The Hall–Kier alpha value is -6.18. The van der Waals surface area contributed by atoms with Crippen LogP contribution in [0.2, 0.25) is 0 Å². The fraction of sp³-hybridized carbons (Fsp3) is 0.0980. The van der Waals surface area contributed by atoms with E-state index in [0.717, 1.165) is 16.6 Å². The van der Waals surface area contributed by atoms with Crippen molar-refractivity contribution in [2.75, 3.05) is 0 Å². The van der Waals surface area contributed by atoms with Gasteiger partial charge in [0, 0.05) is 16.2 Å². The third-order valence-corrected chi connectivity index (χ3v) is 11.1. The summed E-state index contributed by atoms with van der Waals surface area (Å²) in [5.74, 6) is 0. The Kier molecular flexibility index (Phi) is 7.67. The summed E-state index contributed by atoms with van der Waals surface area (Å²) in [6.07, 6.45) is 4.49. The molecule has 0 bridgehead atoms. The van der Waals surface area contributed by atoms with Crippen molar-refractivity contribution in [3.8, 4) is 22.3 Å². The van der Waals surface area contributed by atoms with Gasteiger partial charge in [0.2, 0.25) is 0 Å². The van der Waals surface area contributed by atoms with Gasteiger partial charge in [0.1, 0.15) is 11.2 Å². The molecule has 0 fully saturated rings. The maximum atomic E-state index is 6.31. The van der Waals surface area contributed by atoms with E-state index in [1.807, 2.05) is 6.07 Å². The quantitative estimate of drug-likeness (QED) is 0.170. The molecular weight excluding hydrogens is 629 g/mol. The number of hydrogen-bond donors (Lipinski definition) is 0. The van der Waals surface area contributed by atoms with E-state index in [-0.39, 0.29) is 5.41 Å². The summed E-state index contributed by atoms with van der Waals surface area (Å²) in [7, 11) is 0. The highest BCUT2D eigenvalue weighted by Gasteiger charge is 2.36. The first-order valence-electron chi connectivity index (χ1n) is 18.2. The molecule has 0 saturated heterocycles. The number of furan rings is 1. The molecule has 1 aliphatic rings. The molecule has 250 valence electrons. The molecule has 0 aliphatic heterocycles. The van der Waals surface area contributed by atoms with Crippen molar-refractivity contribution in [2.24, 2.45) is 0 Å². The molecule has 0 saturated carbocycles. The molecule has 7 aromatic carbocycles. The molecule has 1 nitrogen and oxygen atoms in total. The molecule has 8 aromatic rings. The minimum Gasteiger partial charge on any atom is -0.456 e. The summed E-state index contributed by atoms with van der Waals surface area (Å²) in [6.45, 7) is 9.12. The van der Waals surface area contributed by atoms with E-state index in [1.54, 1.807) is 0 Å². The number of benzene rings is 6. The third-order valence-electron chi connectivity index (χ3n) is 11.1. The molecule has 0 spiro atoms. The van der Waals surface area contributed by atoms with Crippen molar-refractivity contribution in [3.05, 3.63) is 192 Å². The largest absolute Gasteiger partial charge is 0.456 e. The lowest BCUT2D eigenvalue weighted by Crippen LogP contribution is -2.14. The Morgan fingerprint density at radius 3 is 1.96 bits per heavy atom. The molecule has 0 atom stereocenters. The van der Waals surface area contributed by atoms with Crippen molar-refractivity contribution < 1.29 is 4.42 Å². The molecule has 0 amide bonds. The molecule has 0 unspecified atom stereocenters. The van der Waals surface area contributed by atoms with Crippen LogP contribution in [0.3, 0.4) is 0 Å². The van der Waals surface area contributed by atoms with E-state index in [9.17, 15) is 0 Å². The fourth-order valence-electron chi connectivity index (χ4n) is 8.26. The molecule has 9 rings (SSSR count). The summed E-state index contributed by atoms with van der Waals surface area (Å²) in [4.78, 5) is 0. The lowest BCUT2D eigenvalue weighted by molar-refractivity contribution is 0.661. The average molecular weight is 669 g/mol. The van der Waals surface area contributed by atoms with E-state index in [0.29, 0.717) is 0 Å². The third kappa shape index (κ3) is 5.24. The topological polar surface area (TPSA) is 13.1 Å². The Bertz CT molecular complexity index is 2820. The second-order valence-electron chi connectivity index (χ2n) is 14.6. The minimum absolute atomic E-state index is 0.124. The summed E-state index contributed by atoms with van der Waals surface area (Å²) in [5.41, 5.74) is 14.4. The molecule has 1 aliphatic carbocycles. The van der Waals surface area contributed by atoms with Gasteiger partial charge < -0.3 is 4.42 Å². The van der Waals surface area contributed by atoms with Gasteiger partial charge in [-0.15, -0.1) is 0 Å². The van der Waals surface area contributed by atoms with Crippen molar-refractivity contribution in [1.82, 2.24) is 0 Å². The molecule has 0 N–H and O–H groups in total. The maximum Gasteiger partial charge on any atom is 0.136 e. The molecule has 1 aromatic heterocycles. The number of para-hydroxylation sites is 1. The average Bonchev–Trinajstić information content (AvgIpc) is 3.66. The van der Waals surface area contributed by atoms with Gasteiger partial charge in [-0.25, -0.2) is 0 Å². The summed E-state index contributed by atoms with van der Waals surface area (Å²) in [5, 5.41) is 7.27. The first kappa shape index (κ1) is 31.8. The summed E-state index contributed by atoms with van der Waals surface area (Å²) >= 11 is 0. The predicted molar refractivity (Wildman–Crippen MR) is 223 cm³/mol. The second kappa shape index (κ2) is 12.5. The highest BCUT2D eigenvalue weighted by molar-refractivity contribution is 6.20. The first-order chi connectivity index (χ1) is 25.4. The summed E-state index contributed by atoms with van der Waals surface area (Å²) < 4.78 is 6.31. The Morgan fingerprint density at radius 2 is 1.13 bits per heavy atom. The minimum atomic E-state index is -0.124. The predicted octanol–water partition coefficient (Wildman–Crippen LogP) is 14.5. The van der Waals surface area contributed by atoms with Crippen molar-refractivity contribution >= 4 is 54.6 Å². The second-order valence-corrected chi connectivity index (χ2v) is 14.6. The highest BCUT2D eigenvalue weighted by atomic mass is 16.3. The first-order valence-corrected chi connectivity index (χ1v) is 18.2. The van der Waals surface area contributed by atoms with Crippen LogP contribution in [0.1, 0.15) is 49.9 Å². The Balaban J connectivity index is 1.25. The zero-order valence-electron chi connectivity index (χ0n) is 30.1. The van der Waals surface area contributed by atoms with Crippen LogP contribution in [0, 0.1) is 0 Å². The van der Waals surface area contributed by atoms with Gasteiger partial charge in [-0.3, -0.25) is 0 Å².